The second-order valence-electron chi connectivity index (χ2n) is 5.48. The largest absolute Gasteiger partial charge is 0.523 e. The maximum atomic E-state index is 12.7. The molecule has 0 spiro atoms. The van der Waals surface area contributed by atoms with E-state index >= 15 is 0 Å². The van der Waals surface area contributed by atoms with Gasteiger partial charge in [-0.1, -0.05) is 0 Å². The topological polar surface area (TPSA) is 152 Å². The normalized spacial score (nSPS) is 28.3. The van der Waals surface area contributed by atoms with Crippen LogP contribution in [-0.2, 0) is 47.6 Å². The fraction of sp³-hybridized carbons (Fsp3) is 0.769. The molecule has 15 heteroatoms. The van der Waals surface area contributed by atoms with Crippen molar-refractivity contribution in [3.05, 3.63) is 0 Å². The van der Waals surface area contributed by atoms with Crippen LogP contribution in [-0.4, -0.2) is 74.3 Å². The molecule has 0 unspecified atom stereocenters. The first-order valence-corrected chi connectivity index (χ1v) is 8.87. The van der Waals surface area contributed by atoms with Gasteiger partial charge in [-0.25, -0.2) is 0 Å². The number of aliphatic hydroxyl groups is 1. The number of halogens is 3. The third kappa shape index (κ3) is 6.29. The summed E-state index contributed by atoms with van der Waals surface area (Å²) in [5.41, 5.74) is -5.85. The highest BCUT2D eigenvalue weighted by atomic mass is 32.2. The number of hydrogen-bond donors (Lipinski definition) is 1. The molecule has 1 N–H and O–H groups in total. The molecule has 5 atom stereocenters. The Labute approximate surface area is 156 Å². The molecule has 1 heterocycles. The Morgan fingerprint density at radius 3 is 1.89 bits per heavy atom. The van der Waals surface area contributed by atoms with Gasteiger partial charge in [0.15, 0.2) is 18.5 Å². The van der Waals surface area contributed by atoms with Gasteiger partial charge in [-0.15, -0.1) is 0 Å². The van der Waals surface area contributed by atoms with Crippen LogP contribution in [0.25, 0.3) is 0 Å². The van der Waals surface area contributed by atoms with Crippen LogP contribution in [0.3, 0.4) is 0 Å². The number of carbonyl (C=O) groups excluding carboxylic acids is 3. The van der Waals surface area contributed by atoms with E-state index in [1.165, 1.54) is 0 Å². The molecule has 0 bridgehead atoms. The van der Waals surface area contributed by atoms with E-state index in [4.69, 9.17) is 9.47 Å². The first-order chi connectivity index (χ1) is 12.7. The summed E-state index contributed by atoms with van der Waals surface area (Å²) in [6, 6.07) is 0. The van der Waals surface area contributed by atoms with Crippen LogP contribution in [0.4, 0.5) is 13.2 Å². The smallest absolute Gasteiger partial charge is 0.463 e. The van der Waals surface area contributed by atoms with E-state index in [1.54, 1.807) is 0 Å². The van der Waals surface area contributed by atoms with Gasteiger partial charge in [0.1, 0.15) is 18.8 Å². The molecule has 1 rings (SSSR count). The van der Waals surface area contributed by atoms with Crippen LogP contribution in [0, 0.1) is 0 Å². The minimum atomic E-state index is -6.24. The van der Waals surface area contributed by atoms with Crippen molar-refractivity contribution >= 4 is 28.0 Å². The van der Waals surface area contributed by atoms with Gasteiger partial charge in [-0.2, -0.15) is 21.6 Å². The number of esters is 3. The maximum absolute atomic E-state index is 12.7. The van der Waals surface area contributed by atoms with E-state index in [-0.39, 0.29) is 0 Å². The average Bonchev–Trinajstić information content (AvgIpc) is 2.49. The monoisotopic (exact) mass is 438 g/mol. The van der Waals surface area contributed by atoms with Gasteiger partial charge in [0, 0.05) is 20.8 Å². The zero-order valence-electron chi connectivity index (χ0n) is 14.7. The Hall–Kier alpha value is -1.97. The molecule has 0 saturated carbocycles. The molecule has 0 amide bonds. The summed E-state index contributed by atoms with van der Waals surface area (Å²) in [5.74, 6) is -3.09. The van der Waals surface area contributed by atoms with Gasteiger partial charge in [0.05, 0.1) is 0 Å². The van der Waals surface area contributed by atoms with E-state index < -0.39 is 70.8 Å². The molecule has 0 aromatic heterocycles. The SMILES string of the molecule is CC(=O)OC[C@H]1O[C@@H](O)[C@H](OC(C)=O)[C@@H](OC(C)=O)[C@H]1OS(=O)(=O)C(F)(F)F. The second kappa shape index (κ2) is 9.02. The lowest BCUT2D eigenvalue weighted by Gasteiger charge is -2.42. The lowest BCUT2D eigenvalue weighted by molar-refractivity contribution is -0.290. The number of aliphatic hydroxyl groups excluding tert-OH is 1. The van der Waals surface area contributed by atoms with Crippen molar-refractivity contribution in [2.75, 3.05) is 6.61 Å². The van der Waals surface area contributed by atoms with Crippen LogP contribution in [0.5, 0.6) is 0 Å². The first kappa shape index (κ1) is 24.1. The van der Waals surface area contributed by atoms with E-state index in [0.717, 1.165) is 20.8 Å². The number of carbonyl (C=O) groups is 3. The molecule has 11 nitrogen and oxygen atoms in total. The van der Waals surface area contributed by atoms with Crippen molar-refractivity contribution < 1.29 is 64.2 Å². The first-order valence-electron chi connectivity index (χ1n) is 7.46. The highest BCUT2D eigenvalue weighted by Crippen LogP contribution is 2.33. The molecular formula is C13H17F3O11S. The summed E-state index contributed by atoms with van der Waals surface area (Å²) in [7, 11) is -6.24. The van der Waals surface area contributed by atoms with E-state index in [0.29, 0.717) is 0 Å². The maximum Gasteiger partial charge on any atom is 0.523 e. The molecule has 0 aliphatic carbocycles. The van der Waals surface area contributed by atoms with Gasteiger partial charge in [-0.3, -0.25) is 18.6 Å². The summed E-state index contributed by atoms with van der Waals surface area (Å²) in [6.07, 6.45) is -10.1. The number of hydrogen-bond acceptors (Lipinski definition) is 11. The zero-order valence-corrected chi connectivity index (χ0v) is 15.5. The van der Waals surface area contributed by atoms with E-state index in [1.807, 2.05) is 0 Å². The Morgan fingerprint density at radius 2 is 1.46 bits per heavy atom. The number of rotatable bonds is 6. The quantitative estimate of drug-likeness (QED) is 0.244. The van der Waals surface area contributed by atoms with Crippen molar-refractivity contribution in [1.82, 2.24) is 0 Å². The molecular weight excluding hydrogens is 421 g/mol. The summed E-state index contributed by atoms with van der Waals surface area (Å²) in [4.78, 5) is 33.5. The molecule has 0 aromatic rings. The van der Waals surface area contributed by atoms with Crippen LogP contribution in [0.1, 0.15) is 20.8 Å². The van der Waals surface area contributed by atoms with Crippen LogP contribution < -0.4 is 0 Å². The van der Waals surface area contributed by atoms with Crippen LogP contribution in [0.15, 0.2) is 0 Å². The highest BCUT2D eigenvalue weighted by molar-refractivity contribution is 7.87. The third-order valence-corrected chi connectivity index (χ3v) is 4.23. The molecule has 1 saturated heterocycles. The minimum absolute atomic E-state index is 0.822. The van der Waals surface area contributed by atoms with Crippen molar-refractivity contribution in [1.29, 1.82) is 0 Å². The minimum Gasteiger partial charge on any atom is -0.463 e. The van der Waals surface area contributed by atoms with E-state index in [9.17, 15) is 41.1 Å². The van der Waals surface area contributed by atoms with Gasteiger partial charge >= 0.3 is 33.5 Å². The Balaban J connectivity index is 3.35. The Bertz CT molecular complexity index is 705. The summed E-state index contributed by atoms with van der Waals surface area (Å²) in [6.45, 7) is 1.76. The van der Waals surface area contributed by atoms with Crippen LogP contribution >= 0.6 is 0 Å². The van der Waals surface area contributed by atoms with Gasteiger partial charge in [0.25, 0.3) is 0 Å². The molecule has 162 valence electrons. The second-order valence-corrected chi connectivity index (χ2v) is 7.04. The fourth-order valence-electron chi connectivity index (χ4n) is 2.19. The fourth-order valence-corrected chi connectivity index (χ4v) is 2.82. The molecule has 0 aromatic carbocycles. The Morgan fingerprint density at radius 1 is 0.964 bits per heavy atom. The molecule has 28 heavy (non-hydrogen) atoms. The van der Waals surface area contributed by atoms with Crippen molar-refractivity contribution in [2.24, 2.45) is 0 Å². The van der Waals surface area contributed by atoms with Gasteiger partial charge < -0.3 is 24.1 Å². The lowest BCUT2D eigenvalue weighted by atomic mass is 9.98. The lowest BCUT2D eigenvalue weighted by Crippen LogP contribution is -2.62. The number of ether oxygens (including phenoxy) is 4. The van der Waals surface area contributed by atoms with Crippen molar-refractivity contribution in [3.8, 4) is 0 Å². The summed E-state index contributed by atoms with van der Waals surface area (Å²) < 4.78 is 84.0. The number of alkyl halides is 3. The molecule has 1 fully saturated rings. The summed E-state index contributed by atoms with van der Waals surface area (Å²) in [5, 5.41) is 9.95. The van der Waals surface area contributed by atoms with Crippen molar-refractivity contribution in [3.63, 3.8) is 0 Å². The molecule has 1 aliphatic heterocycles. The average molecular weight is 438 g/mol. The van der Waals surface area contributed by atoms with Gasteiger partial charge in [0.2, 0.25) is 0 Å². The van der Waals surface area contributed by atoms with E-state index in [2.05, 4.69) is 13.7 Å². The standard InChI is InChI=1S/C13H17F3O11S/c1-5(17)23-4-8-9(27-28(21,22)13(14,15)16)10(24-6(2)18)11(12(20)26-8)25-7(3)19/h8-12,20H,4H2,1-3H3/t8-,9+,10+,11-,12-/m1/s1. The third-order valence-electron chi connectivity index (χ3n) is 3.19. The summed E-state index contributed by atoms with van der Waals surface area (Å²) >= 11 is 0. The van der Waals surface area contributed by atoms with Gasteiger partial charge in [-0.05, 0) is 0 Å². The molecule has 1 aliphatic rings. The predicted octanol–water partition coefficient (Wildman–Crippen LogP) is -0.635. The van der Waals surface area contributed by atoms with Crippen molar-refractivity contribution in [2.45, 2.75) is 57.0 Å². The van der Waals surface area contributed by atoms with Crippen LogP contribution in [0.2, 0.25) is 0 Å². The molecule has 0 radical (unpaired) electrons. The predicted molar refractivity (Wildman–Crippen MR) is 78.5 cm³/mol. The zero-order chi connectivity index (χ0) is 21.9. The highest BCUT2D eigenvalue weighted by Gasteiger charge is 2.56. The Kier molecular flexibility index (Phi) is 7.75.